The van der Waals surface area contributed by atoms with E-state index in [0.29, 0.717) is 19.1 Å². The summed E-state index contributed by atoms with van der Waals surface area (Å²) in [7, 11) is 0. The third-order valence-corrected chi connectivity index (χ3v) is 3.73. The first kappa shape index (κ1) is 15.4. The zero-order chi connectivity index (χ0) is 13.5. The van der Waals surface area contributed by atoms with Crippen LogP contribution in [0.5, 0.6) is 0 Å². The van der Waals surface area contributed by atoms with E-state index in [9.17, 15) is 4.79 Å². The van der Waals surface area contributed by atoms with E-state index in [4.69, 9.17) is 4.74 Å². The van der Waals surface area contributed by atoms with Crippen LogP contribution in [0.2, 0.25) is 0 Å². The van der Waals surface area contributed by atoms with Gasteiger partial charge in [0.15, 0.2) is 0 Å². The van der Waals surface area contributed by atoms with Gasteiger partial charge in [0.1, 0.15) is 0 Å². The number of ether oxygens (including phenoxy) is 1. The SMILES string of the molecule is CCNC1COCC1C(=O)NC(C)CC(C)CC. The molecule has 4 nitrogen and oxygen atoms in total. The maximum Gasteiger partial charge on any atom is 0.227 e. The van der Waals surface area contributed by atoms with Crippen molar-refractivity contribution in [3.63, 3.8) is 0 Å². The summed E-state index contributed by atoms with van der Waals surface area (Å²) in [5, 5.41) is 6.43. The molecule has 0 aliphatic carbocycles. The molecule has 4 atom stereocenters. The number of likely N-dealkylation sites (N-methyl/N-ethyl adjacent to an activating group) is 1. The van der Waals surface area contributed by atoms with Gasteiger partial charge in [-0.2, -0.15) is 0 Å². The van der Waals surface area contributed by atoms with E-state index < -0.39 is 0 Å². The van der Waals surface area contributed by atoms with Crippen LogP contribution in [0.3, 0.4) is 0 Å². The summed E-state index contributed by atoms with van der Waals surface area (Å²) in [5.41, 5.74) is 0. The third kappa shape index (κ3) is 4.58. The summed E-state index contributed by atoms with van der Waals surface area (Å²) in [5.74, 6) is 0.753. The molecule has 0 aromatic heterocycles. The van der Waals surface area contributed by atoms with Crippen molar-refractivity contribution in [2.24, 2.45) is 11.8 Å². The summed E-state index contributed by atoms with van der Waals surface area (Å²) < 4.78 is 5.40. The van der Waals surface area contributed by atoms with Crippen LogP contribution in [0, 0.1) is 11.8 Å². The first-order valence-electron chi connectivity index (χ1n) is 7.19. The van der Waals surface area contributed by atoms with Crippen molar-refractivity contribution in [1.82, 2.24) is 10.6 Å². The molecule has 0 saturated carbocycles. The van der Waals surface area contributed by atoms with E-state index in [2.05, 4.69) is 38.3 Å². The van der Waals surface area contributed by atoms with E-state index >= 15 is 0 Å². The van der Waals surface area contributed by atoms with Gasteiger partial charge < -0.3 is 15.4 Å². The zero-order valence-electron chi connectivity index (χ0n) is 12.2. The normalized spacial score (nSPS) is 26.9. The van der Waals surface area contributed by atoms with Crippen molar-refractivity contribution in [3.8, 4) is 0 Å². The fraction of sp³-hybridized carbons (Fsp3) is 0.929. The molecule has 1 aliphatic heterocycles. The maximum absolute atomic E-state index is 12.2. The lowest BCUT2D eigenvalue weighted by Gasteiger charge is -2.22. The molecule has 0 spiro atoms. The fourth-order valence-corrected chi connectivity index (χ4v) is 2.46. The Morgan fingerprint density at radius 3 is 2.67 bits per heavy atom. The number of carbonyl (C=O) groups is 1. The lowest BCUT2D eigenvalue weighted by Crippen LogP contribution is -2.46. The van der Waals surface area contributed by atoms with Crippen molar-refractivity contribution in [2.45, 2.75) is 52.6 Å². The van der Waals surface area contributed by atoms with Crippen LogP contribution in [-0.2, 0) is 9.53 Å². The van der Waals surface area contributed by atoms with Crippen LogP contribution in [0.25, 0.3) is 0 Å². The third-order valence-electron chi connectivity index (χ3n) is 3.73. The second-order valence-corrected chi connectivity index (χ2v) is 5.47. The predicted octanol–water partition coefficient (Wildman–Crippen LogP) is 1.55. The zero-order valence-corrected chi connectivity index (χ0v) is 12.2. The average Bonchev–Trinajstić information content (AvgIpc) is 2.77. The molecule has 1 aliphatic rings. The van der Waals surface area contributed by atoms with E-state index in [1.165, 1.54) is 0 Å². The summed E-state index contributed by atoms with van der Waals surface area (Å²) in [4.78, 5) is 12.2. The number of rotatable bonds is 7. The lowest BCUT2D eigenvalue weighted by atomic mass is 9.98. The van der Waals surface area contributed by atoms with Gasteiger partial charge >= 0.3 is 0 Å². The smallest absolute Gasteiger partial charge is 0.227 e. The topological polar surface area (TPSA) is 50.4 Å². The molecule has 1 amide bonds. The van der Waals surface area contributed by atoms with Crippen LogP contribution >= 0.6 is 0 Å². The van der Waals surface area contributed by atoms with Gasteiger partial charge in [0.05, 0.1) is 19.1 Å². The molecule has 0 aromatic carbocycles. The Labute approximate surface area is 111 Å². The Morgan fingerprint density at radius 1 is 1.33 bits per heavy atom. The van der Waals surface area contributed by atoms with Gasteiger partial charge in [-0.1, -0.05) is 27.2 Å². The minimum Gasteiger partial charge on any atom is -0.379 e. The van der Waals surface area contributed by atoms with Gasteiger partial charge in [-0.05, 0) is 25.8 Å². The Morgan fingerprint density at radius 2 is 2.06 bits per heavy atom. The quantitative estimate of drug-likeness (QED) is 0.726. The average molecular weight is 256 g/mol. The molecule has 1 saturated heterocycles. The van der Waals surface area contributed by atoms with Gasteiger partial charge in [0.25, 0.3) is 0 Å². The molecule has 1 heterocycles. The van der Waals surface area contributed by atoms with Crippen LogP contribution in [0.15, 0.2) is 0 Å². The number of hydrogen-bond donors (Lipinski definition) is 2. The summed E-state index contributed by atoms with van der Waals surface area (Å²) in [6.07, 6.45) is 2.20. The van der Waals surface area contributed by atoms with Crippen molar-refractivity contribution >= 4 is 5.91 Å². The number of hydrogen-bond acceptors (Lipinski definition) is 3. The van der Waals surface area contributed by atoms with Crippen LogP contribution < -0.4 is 10.6 Å². The Kier molecular flexibility index (Phi) is 6.65. The highest BCUT2D eigenvalue weighted by molar-refractivity contribution is 5.80. The minimum atomic E-state index is -0.0377. The van der Waals surface area contributed by atoms with Crippen molar-refractivity contribution in [2.75, 3.05) is 19.8 Å². The molecule has 106 valence electrons. The molecule has 1 rings (SSSR count). The van der Waals surface area contributed by atoms with Crippen LogP contribution in [-0.4, -0.2) is 37.7 Å². The van der Waals surface area contributed by atoms with Crippen LogP contribution in [0.1, 0.15) is 40.5 Å². The first-order valence-corrected chi connectivity index (χ1v) is 7.19. The van der Waals surface area contributed by atoms with Crippen molar-refractivity contribution in [3.05, 3.63) is 0 Å². The number of nitrogens with one attached hydrogen (secondary N) is 2. The predicted molar refractivity (Wildman–Crippen MR) is 73.5 cm³/mol. The Hall–Kier alpha value is -0.610. The Balaban J connectivity index is 2.39. The molecule has 18 heavy (non-hydrogen) atoms. The number of amides is 1. The van der Waals surface area contributed by atoms with Crippen molar-refractivity contribution < 1.29 is 9.53 Å². The second-order valence-electron chi connectivity index (χ2n) is 5.47. The molecule has 0 aromatic rings. The first-order chi connectivity index (χ1) is 8.58. The van der Waals surface area contributed by atoms with E-state index in [1.54, 1.807) is 0 Å². The molecule has 0 bridgehead atoms. The van der Waals surface area contributed by atoms with E-state index in [0.717, 1.165) is 19.4 Å². The van der Waals surface area contributed by atoms with E-state index in [-0.39, 0.29) is 23.9 Å². The summed E-state index contributed by atoms with van der Waals surface area (Å²) in [6.45, 7) is 10.6. The highest BCUT2D eigenvalue weighted by Gasteiger charge is 2.33. The molecule has 4 unspecified atom stereocenters. The maximum atomic E-state index is 12.2. The molecule has 0 radical (unpaired) electrons. The van der Waals surface area contributed by atoms with E-state index in [1.807, 2.05) is 0 Å². The highest BCUT2D eigenvalue weighted by Crippen LogP contribution is 2.15. The summed E-state index contributed by atoms with van der Waals surface area (Å²) in [6, 6.07) is 0.418. The molecule has 2 N–H and O–H groups in total. The lowest BCUT2D eigenvalue weighted by molar-refractivity contribution is -0.126. The second kappa shape index (κ2) is 7.74. The van der Waals surface area contributed by atoms with Gasteiger partial charge in [0, 0.05) is 12.1 Å². The van der Waals surface area contributed by atoms with Gasteiger partial charge in [-0.25, -0.2) is 0 Å². The summed E-state index contributed by atoms with van der Waals surface area (Å²) >= 11 is 0. The van der Waals surface area contributed by atoms with Gasteiger partial charge in [0.2, 0.25) is 5.91 Å². The van der Waals surface area contributed by atoms with Gasteiger partial charge in [-0.15, -0.1) is 0 Å². The standard InChI is InChI=1S/C14H28N2O2/c1-5-10(3)7-11(4)16-14(17)12-8-18-9-13(12)15-6-2/h10-13,15H,5-9H2,1-4H3,(H,16,17). The fourth-order valence-electron chi connectivity index (χ4n) is 2.46. The largest absolute Gasteiger partial charge is 0.379 e. The molecular weight excluding hydrogens is 228 g/mol. The monoisotopic (exact) mass is 256 g/mol. The highest BCUT2D eigenvalue weighted by atomic mass is 16.5. The molecule has 4 heteroatoms. The molecular formula is C14H28N2O2. The van der Waals surface area contributed by atoms with Crippen molar-refractivity contribution in [1.29, 1.82) is 0 Å². The minimum absolute atomic E-state index is 0.0377. The number of carbonyl (C=O) groups excluding carboxylic acids is 1. The molecule has 1 fully saturated rings. The Bertz CT molecular complexity index is 258. The van der Waals surface area contributed by atoms with Crippen LogP contribution in [0.4, 0.5) is 0 Å². The van der Waals surface area contributed by atoms with Gasteiger partial charge in [-0.3, -0.25) is 4.79 Å².